The molecule has 0 radical (unpaired) electrons. The van der Waals surface area contributed by atoms with Gasteiger partial charge in [0.1, 0.15) is 11.6 Å². The molecule has 1 amide bonds. The monoisotopic (exact) mass is 251 g/mol. The molecular weight excluding hydrogens is 234 g/mol. The van der Waals surface area contributed by atoms with Crippen molar-refractivity contribution in [2.45, 2.75) is 45.3 Å². The van der Waals surface area contributed by atoms with E-state index in [1.165, 1.54) is 0 Å². The van der Waals surface area contributed by atoms with Crippen molar-refractivity contribution in [3.8, 4) is 0 Å². The smallest absolute Gasteiger partial charge is 0.408 e. The van der Waals surface area contributed by atoms with E-state index in [0.29, 0.717) is 12.3 Å². The van der Waals surface area contributed by atoms with E-state index in [1.807, 2.05) is 0 Å². The van der Waals surface area contributed by atoms with Gasteiger partial charge in [-0.25, -0.2) is 9.59 Å². The number of amides is 1. The summed E-state index contributed by atoms with van der Waals surface area (Å²) < 4.78 is 4.95. The van der Waals surface area contributed by atoms with Gasteiger partial charge in [0.2, 0.25) is 0 Å². The first kappa shape index (κ1) is 15.0. The van der Waals surface area contributed by atoms with Crippen LogP contribution in [0.3, 0.4) is 0 Å². The molecule has 0 fully saturated rings. The molecule has 16 heavy (non-hydrogen) atoms. The van der Waals surface area contributed by atoms with Crippen molar-refractivity contribution in [3.05, 3.63) is 0 Å². The highest BCUT2D eigenvalue weighted by atomic mass is 35.5. The SMILES string of the molecule is CC(C)(C)OC(=O)N[C@@H](CCCCl)C(=O)O. The Morgan fingerprint density at radius 3 is 2.38 bits per heavy atom. The molecule has 0 aromatic heterocycles. The summed E-state index contributed by atoms with van der Waals surface area (Å²) in [6.45, 7) is 5.13. The second-order valence-electron chi connectivity index (χ2n) is 4.37. The maximum absolute atomic E-state index is 11.3. The Bertz CT molecular complexity index is 250. The third-order valence-electron chi connectivity index (χ3n) is 1.62. The maximum atomic E-state index is 11.3. The number of hydrogen-bond acceptors (Lipinski definition) is 3. The number of alkyl halides is 1. The number of carboxylic acid groups (broad SMARTS) is 1. The number of ether oxygens (including phenoxy) is 1. The van der Waals surface area contributed by atoms with E-state index in [-0.39, 0.29) is 6.42 Å². The molecule has 0 saturated heterocycles. The lowest BCUT2D eigenvalue weighted by molar-refractivity contribution is -0.139. The van der Waals surface area contributed by atoms with E-state index in [2.05, 4.69) is 5.32 Å². The lowest BCUT2D eigenvalue weighted by atomic mass is 10.2. The van der Waals surface area contributed by atoms with E-state index in [9.17, 15) is 9.59 Å². The number of halogens is 1. The number of carbonyl (C=O) groups is 2. The van der Waals surface area contributed by atoms with Crippen molar-refractivity contribution in [1.29, 1.82) is 0 Å². The quantitative estimate of drug-likeness (QED) is 0.733. The summed E-state index contributed by atoms with van der Waals surface area (Å²) in [7, 11) is 0. The predicted molar refractivity (Wildman–Crippen MR) is 60.7 cm³/mol. The zero-order chi connectivity index (χ0) is 12.8. The minimum atomic E-state index is -1.09. The molecule has 94 valence electrons. The second kappa shape index (κ2) is 6.58. The molecule has 0 bridgehead atoms. The van der Waals surface area contributed by atoms with Crippen molar-refractivity contribution in [1.82, 2.24) is 5.32 Å². The van der Waals surface area contributed by atoms with Gasteiger partial charge in [-0.15, -0.1) is 11.6 Å². The van der Waals surface area contributed by atoms with Gasteiger partial charge in [0.15, 0.2) is 0 Å². The van der Waals surface area contributed by atoms with Crippen LogP contribution in [0.2, 0.25) is 0 Å². The standard InChI is InChI=1S/C10H18ClNO4/c1-10(2,3)16-9(15)12-7(8(13)14)5-4-6-11/h7H,4-6H2,1-3H3,(H,12,15)(H,13,14)/t7-/m0/s1. The van der Waals surface area contributed by atoms with Crippen LogP contribution in [0.4, 0.5) is 4.79 Å². The molecule has 0 aliphatic rings. The molecule has 2 N–H and O–H groups in total. The summed E-state index contributed by atoms with van der Waals surface area (Å²) in [6.07, 6.45) is 0.0846. The largest absolute Gasteiger partial charge is 0.480 e. The van der Waals surface area contributed by atoms with Crippen molar-refractivity contribution >= 4 is 23.7 Å². The molecule has 0 saturated carbocycles. The highest BCUT2D eigenvalue weighted by molar-refractivity contribution is 6.17. The Kier molecular flexibility index (Phi) is 6.18. The van der Waals surface area contributed by atoms with Gasteiger partial charge >= 0.3 is 12.1 Å². The third kappa shape index (κ3) is 7.34. The topological polar surface area (TPSA) is 75.6 Å². The number of aliphatic carboxylic acids is 1. The summed E-state index contributed by atoms with van der Waals surface area (Å²) in [5.41, 5.74) is -0.639. The van der Waals surface area contributed by atoms with Crippen LogP contribution in [0.1, 0.15) is 33.6 Å². The second-order valence-corrected chi connectivity index (χ2v) is 4.75. The summed E-state index contributed by atoms with van der Waals surface area (Å²) in [6, 6.07) is -0.950. The maximum Gasteiger partial charge on any atom is 0.408 e. The van der Waals surface area contributed by atoms with Gasteiger partial charge in [-0.3, -0.25) is 0 Å². The van der Waals surface area contributed by atoms with E-state index >= 15 is 0 Å². The Balaban J connectivity index is 4.19. The summed E-state index contributed by atoms with van der Waals surface area (Å²) >= 11 is 5.46. The fourth-order valence-electron chi connectivity index (χ4n) is 0.988. The van der Waals surface area contributed by atoms with Gasteiger partial charge in [-0.1, -0.05) is 0 Å². The molecule has 0 rings (SSSR count). The fourth-order valence-corrected chi connectivity index (χ4v) is 1.14. The van der Waals surface area contributed by atoms with Crippen LogP contribution in [-0.4, -0.2) is 34.7 Å². The van der Waals surface area contributed by atoms with Gasteiger partial charge in [-0.2, -0.15) is 0 Å². The highest BCUT2D eigenvalue weighted by Crippen LogP contribution is 2.07. The zero-order valence-electron chi connectivity index (χ0n) is 9.75. The summed E-state index contributed by atoms with van der Waals surface area (Å²) in [4.78, 5) is 22.1. The van der Waals surface area contributed by atoms with Crippen molar-refractivity contribution in [3.63, 3.8) is 0 Å². The first-order valence-corrected chi connectivity index (χ1v) is 5.58. The lowest BCUT2D eigenvalue weighted by Crippen LogP contribution is -2.43. The van der Waals surface area contributed by atoms with Gasteiger partial charge in [0.05, 0.1) is 0 Å². The molecule has 5 nitrogen and oxygen atoms in total. The molecule has 0 aliphatic heterocycles. The fraction of sp³-hybridized carbons (Fsp3) is 0.800. The van der Waals surface area contributed by atoms with Crippen LogP contribution < -0.4 is 5.32 Å². The van der Waals surface area contributed by atoms with Crippen LogP contribution in [0.15, 0.2) is 0 Å². The lowest BCUT2D eigenvalue weighted by Gasteiger charge is -2.21. The molecule has 0 aliphatic carbocycles. The number of nitrogens with one attached hydrogen (secondary N) is 1. The predicted octanol–water partition coefficient (Wildman–Crippen LogP) is 1.98. The minimum Gasteiger partial charge on any atom is -0.480 e. The van der Waals surface area contributed by atoms with E-state index < -0.39 is 23.7 Å². The molecule has 1 atom stereocenters. The highest BCUT2D eigenvalue weighted by Gasteiger charge is 2.23. The first-order chi connectivity index (χ1) is 7.26. The molecule has 0 heterocycles. The average Bonchev–Trinajstić information content (AvgIpc) is 2.08. The number of carboxylic acids is 1. The average molecular weight is 252 g/mol. The first-order valence-electron chi connectivity index (χ1n) is 5.04. The Morgan fingerprint density at radius 1 is 1.44 bits per heavy atom. The molecule has 0 spiro atoms. The van der Waals surface area contributed by atoms with Crippen LogP contribution in [0.25, 0.3) is 0 Å². The van der Waals surface area contributed by atoms with Crippen molar-refractivity contribution in [2.24, 2.45) is 0 Å². The van der Waals surface area contributed by atoms with Crippen molar-refractivity contribution in [2.75, 3.05) is 5.88 Å². The van der Waals surface area contributed by atoms with Crippen LogP contribution in [-0.2, 0) is 9.53 Å². The summed E-state index contributed by atoms with van der Waals surface area (Å²) in [5, 5.41) is 11.1. The molecule has 0 aromatic carbocycles. The minimum absolute atomic E-state index is 0.290. The number of hydrogen-bond donors (Lipinski definition) is 2. The van der Waals surface area contributed by atoms with Gasteiger partial charge in [-0.05, 0) is 33.6 Å². The van der Waals surface area contributed by atoms with Crippen LogP contribution in [0, 0.1) is 0 Å². The Morgan fingerprint density at radius 2 is 2.00 bits per heavy atom. The number of alkyl carbamates (subject to hydrolysis) is 1. The van der Waals surface area contributed by atoms with E-state index in [1.54, 1.807) is 20.8 Å². The van der Waals surface area contributed by atoms with E-state index in [4.69, 9.17) is 21.4 Å². The van der Waals surface area contributed by atoms with Crippen molar-refractivity contribution < 1.29 is 19.4 Å². The molecule has 0 aromatic rings. The number of rotatable bonds is 5. The van der Waals surface area contributed by atoms with Crippen LogP contribution in [0.5, 0.6) is 0 Å². The number of carbonyl (C=O) groups excluding carboxylic acids is 1. The molecular formula is C10H18ClNO4. The van der Waals surface area contributed by atoms with Gasteiger partial charge in [0, 0.05) is 5.88 Å². The third-order valence-corrected chi connectivity index (χ3v) is 1.88. The zero-order valence-corrected chi connectivity index (χ0v) is 10.5. The van der Waals surface area contributed by atoms with Gasteiger partial charge < -0.3 is 15.2 Å². The summed E-state index contributed by atoms with van der Waals surface area (Å²) in [5.74, 6) is -0.726. The Hall–Kier alpha value is -0.970. The normalized spacial score (nSPS) is 13.0. The Labute approximate surface area is 100 Å². The molecule has 6 heteroatoms. The molecule has 0 unspecified atom stereocenters. The van der Waals surface area contributed by atoms with Crippen LogP contribution >= 0.6 is 11.6 Å². The van der Waals surface area contributed by atoms with Gasteiger partial charge in [0.25, 0.3) is 0 Å². The van der Waals surface area contributed by atoms with E-state index in [0.717, 1.165) is 0 Å².